The molecule has 4 aromatic carbocycles. The Morgan fingerprint density at radius 3 is 2.14 bits per heavy atom. The lowest BCUT2D eigenvalue weighted by Crippen LogP contribution is -2.57. The van der Waals surface area contributed by atoms with Gasteiger partial charge < -0.3 is 35.4 Å². The topological polar surface area (TPSA) is 165 Å². The third-order valence-corrected chi connectivity index (χ3v) is 13.9. The van der Waals surface area contributed by atoms with E-state index in [0.29, 0.717) is 51.6 Å². The number of rotatable bonds is 18. The van der Waals surface area contributed by atoms with E-state index < -0.39 is 35.4 Å². The van der Waals surface area contributed by atoms with Crippen LogP contribution in [-0.2, 0) is 25.7 Å². The largest absolute Gasteiger partial charge is 0.508 e. The number of alkyl halides is 1. The number of phenols is 1. The predicted octanol–water partition coefficient (Wildman–Crippen LogP) is 7.52. The molecule has 0 saturated carbocycles. The molecule has 1 aromatic heterocycles. The van der Waals surface area contributed by atoms with Crippen LogP contribution in [0.25, 0.3) is 21.6 Å². The number of aromatic nitrogens is 1. The summed E-state index contributed by atoms with van der Waals surface area (Å²) in [4.78, 5) is 65.1. The zero-order valence-electron chi connectivity index (χ0n) is 39.8. The average Bonchev–Trinajstić information content (AvgIpc) is 3.97. The van der Waals surface area contributed by atoms with Gasteiger partial charge in [-0.25, -0.2) is 4.98 Å². The van der Waals surface area contributed by atoms with Crippen molar-refractivity contribution < 1.29 is 34.1 Å². The number of aliphatic hydroxyl groups is 1. The minimum atomic E-state index is -0.986. The van der Waals surface area contributed by atoms with E-state index in [0.717, 1.165) is 55.3 Å². The van der Waals surface area contributed by atoms with Gasteiger partial charge in [0.2, 0.25) is 23.6 Å². The number of hydrogen-bond acceptors (Lipinski definition) is 10. The number of aromatic hydroxyl groups is 1. The van der Waals surface area contributed by atoms with E-state index >= 15 is 0 Å². The third-order valence-electron chi connectivity index (χ3n) is 12.7. The molecule has 5 aromatic rings. The molecule has 2 aliphatic heterocycles. The number of phenolic OH excluding ortho intramolecular Hbond substituents is 1. The van der Waals surface area contributed by atoms with Crippen LogP contribution in [0, 0.1) is 12.3 Å². The second kappa shape index (κ2) is 23.5. The van der Waals surface area contributed by atoms with Gasteiger partial charge in [-0.3, -0.25) is 24.1 Å². The fourth-order valence-electron chi connectivity index (χ4n) is 8.91. The van der Waals surface area contributed by atoms with Crippen molar-refractivity contribution in [2.24, 2.45) is 5.41 Å². The summed E-state index contributed by atoms with van der Waals surface area (Å²) < 4.78 is 6.17. The molecular weight excluding hydrogens is 912 g/mol. The Labute approximate surface area is 414 Å². The lowest BCUT2D eigenvalue weighted by atomic mass is 9.85. The van der Waals surface area contributed by atoms with E-state index in [4.69, 9.17) is 16.3 Å². The smallest absolute Gasteiger partial charge is 0.246 e. The summed E-state index contributed by atoms with van der Waals surface area (Å²) in [5, 5.41) is 26.4. The van der Waals surface area contributed by atoms with Gasteiger partial charge in [-0.2, -0.15) is 0 Å². The second-order valence-electron chi connectivity index (χ2n) is 18.7. The Balaban J connectivity index is 0.858. The van der Waals surface area contributed by atoms with Crippen LogP contribution >= 0.6 is 22.9 Å². The number of β-amino-alcohol motifs (C(OH)–C–C–N with tert-alkyl or cyclic N) is 1. The van der Waals surface area contributed by atoms with Crippen LogP contribution in [0.3, 0.4) is 0 Å². The van der Waals surface area contributed by atoms with Crippen LogP contribution in [0.5, 0.6) is 11.5 Å². The summed E-state index contributed by atoms with van der Waals surface area (Å²) in [6.45, 7) is 11.2. The molecule has 3 atom stereocenters. The molecule has 69 heavy (non-hydrogen) atoms. The number of halogens is 1. The molecule has 2 saturated heterocycles. The highest BCUT2D eigenvalue weighted by Crippen LogP contribution is 2.36. The summed E-state index contributed by atoms with van der Waals surface area (Å²) in [6.07, 6.45) is -0.229. The van der Waals surface area contributed by atoms with Gasteiger partial charge in [0.05, 0.1) is 22.2 Å². The maximum atomic E-state index is 14.1. The summed E-state index contributed by atoms with van der Waals surface area (Å²) >= 11 is 7.89. The van der Waals surface area contributed by atoms with Crippen molar-refractivity contribution in [3.63, 3.8) is 0 Å². The molecule has 3 heterocycles. The van der Waals surface area contributed by atoms with E-state index in [1.54, 1.807) is 28.4 Å². The van der Waals surface area contributed by atoms with Crippen molar-refractivity contribution in [1.82, 2.24) is 30.3 Å². The van der Waals surface area contributed by atoms with Gasteiger partial charge in [0.15, 0.2) is 0 Å². The van der Waals surface area contributed by atoms with Crippen molar-refractivity contribution in [2.45, 2.75) is 78.1 Å². The number of ether oxygens (including phenoxy) is 1. The number of thiazole rings is 1. The minimum absolute atomic E-state index is 0.00335. The summed E-state index contributed by atoms with van der Waals surface area (Å²) in [5.74, 6) is 0.00693. The maximum absolute atomic E-state index is 14.1. The van der Waals surface area contributed by atoms with Crippen LogP contribution in [0.15, 0.2) is 109 Å². The molecular formula is C54H63ClN6O7S. The van der Waals surface area contributed by atoms with Gasteiger partial charge in [-0.05, 0) is 82.0 Å². The number of aryl methyl sites for hydroxylation is 1. The number of carbonyl (C=O) groups is 4. The zero-order valence-corrected chi connectivity index (χ0v) is 41.4. The molecule has 2 fully saturated rings. The summed E-state index contributed by atoms with van der Waals surface area (Å²) in [7, 11) is 0. The van der Waals surface area contributed by atoms with Gasteiger partial charge in [0.1, 0.15) is 30.2 Å². The fraction of sp³-hybridized carbons (Fsp3) is 0.389. The lowest BCUT2D eigenvalue weighted by molar-refractivity contribution is -0.144. The normalized spacial score (nSPS) is 17.2. The quantitative estimate of drug-likeness (QED) is 0.0514. The number of nitrogens with one attached hydrogen (secondary N) is 2. The fourth-order valence-corrected chi connectivity index (χ4v) is 9.91. The lowest BCUT2D eigenvalue weighted by Gasteiger charge is -2.36. The zero-order chi connectivity index (χ0) is 49.1. The number of likely N-dealkylation sites (tertiary alicyclic amines) is 1. The number of hydrogen-bond donors (Lipinski definition) is 4. The van der Waals surface area contributed by atoms with E-state index in [1.807, 2.05) is 112 Å². The summed E-state index contributed by atoms with van der Waals surface area (Å²) in [6, 6.07) is 31.4. The summed E-state index contributed by atoms with van der Waals surface area (Å²) in [5.41, 5.74) is 9.20. The number of benzene rings is 4. The van der Waals surface area contributed by atoms with Crippen LogP contribution in [0.2, 0.25) is 0 Å². The highest BCUT2D eigenvalue weighted by Gasteiger charge is 2.44. The van der Waals surface area contributed by atoms with Gasteiger partial charge in [0.25, 0.3) is 0 Å². The van der Waals surface area contributed by atoms with E-state index in [2.05, 4.69) is 32.7 Å². The first-order valence-corrected chi connectivity index (χ1v) is 25.0. The molecule has 15 heteroatoms. The first kappa shape index (κ1) is 50.8. The number of nitrogens with zero attached hydrogens (tertiary/aromatic N) is 4. The van der Waals surface area contributed by atoms with Gasteiger partial charge in [-0.1, -0.05) is 99.6 Å². The first-order chi connectivity index (χ1) is 33.2. The monoisotopic (exact) mass is 974 g/mol. The van der Waals surface area contributed by atoms with Crippen molar-refractivity contribution in [3.8, 4) is 21.9 Å². The molecule has 7 rings (SSSR count). The van der Waals surface area contributed by atoms with Gasteiger partial charge in [-0.15, -0.1) is 22.9 Å². The van der Waals surface area contributed by atoms with Crippen LogP contribution in [0.1, 0.15) is 74.4 Å². The number of amides is 4. The number of allylic oxidation sites excluding steroid dienone is 1. The van der Waals surface area contributed by atoms with Crippen molar-refractivity contribution in [2.75, 3.05) is 51.8 Å². The van der Waals surface area contributed by atoms with Crippen molar-refractivity contribution in [1.29, 1.82) is 0 Å². The number of aliphatic hydroxyl groups excluding tert-OH is 1. The maximum Gasteiger partial charge on any atom is 0.246 e. The molecule has 0 unspecified atom stereocenters. The Bertz CT molecular complexity index is 2550. The Morgan fingerprint density at radius 1 is 0.855 bits per heavy atom. The third kappa shape index (κ3) is 13.4. The molecule has 364 valence electrons. The molecule has 0 radical (unpaired) electrons. The Morgan fingerprint density at radius 2 is 1.52 bits per heavy atom. The highest BCUT2D eigenvalue weighted by atomic mass is 35.5. The highest BCUT2D eigenvalue weighted by molar-refractivity contribution is 7.13. The van der Waals surface area contributed by atoms with E-state index in [1.165, 1.54) is 4.90 Å². The van der Waals surface area contributed by atoms with Gasteiger partial charge in [0, 0.05) is 71.0 Å². The standard InChI is InChI=1S/C54H63ClN6O7S/c1-36-50(69-35-57-36)41-12-10-37(11-13-41)33-56-52(66)46-32-43(63)34-61(46)53(67)51(54(2,3)4)58-47(64)22-23-48(65)60-28-26-59(27-29-60)30-31-68-44-20-16-40(17-21-44)49(39-14-18-42(62)19-15-39)45(24-25-55)38-8-6-5-7-9-38/h5-21,35,43,46,51,62-63H,22-34H2,1-4H3,(H,56,66)(H,58,64)/t43-,46+,51-/m1/s1. The molecule has 4 N–H and O–H groups in total. The molecule has 13 nitrogen and oxygen atoms in total. The Hall–Kier alpha value is -6.06. The molecule has 0 spiro atoms. The van der Waals surface area contributed by atoms with Crippen LogP contribution in [0.4, 0.5) is 0 Å². The molecule has 2 aliphatic rings. The molecule has 4 amide bonds. The van der Waals surface area contributed by atoms with Crippen LogP contribution in [-0.4, -0.2) is 123 Å². The van der Waals surface area contributed by atoms with Crippen molar-refractivity contribution in [3.05, 3.63) is 137 Å². The van der Waals surface area contributed by atoms with Crippen molar-refractivity contribution >= 4 is 57.7 Å². The number of carbonyl (C=O) groups excluding carboxylic acids is 4. The number of piperazine rings is 1. The molecule has 0 bridgehead atoms. The Kier molecular flexibility index (Phi) is 17.3. The second-order valence-corrected chi connectivity index (χ2v) is 20.0. The van der Waals surface area contributed by atoms with Gasteiger partial charge >= 0.3 is 0 Å². The predicted molar refractivity (Wildman–Crippen MR) is 272 cm³/mol. The van der Waals surface area contributed by atoms with Crippen LogP contribution < -0.4 is 15.4 Å². The minimum Gasteiger partial charge on any atom is -0.508 e. The first-order valence-electron chi connectivity index (χ1n) is 23.6. The van der Waals surface area contributed by atoms with E-state index in [9.17, 15) is 29.4 Å². The van der Waals surface area contributed by atoms with E-state index in [-0.39, 0.29) is 49.9 Å². The molecule has 0 aliphatic carbocycles. The average molecular weight is 976 g/mol. The SMILES string of the molecule is Cc1ncsc1-c1ccc(CNC(=O)[C@@H]2C[C@@H](O)CN2C(=O)[C@@H](NC(=O)CCC(=O)N2CCN(CCOc3ccc(C(=C(CCCl)c4ccccc4)c4ccc(O)cc4)cc3)CC2)C(C)(C)C)cc1.